The van der Waals surface area contributed by atoms with Crippen LogP contribution in [0.1, 0.15) is 5.56 Å². The second-order valence-corrected chi connectivity index (χ2v) is 3.52. The number of allylic oxidation sites excluding steroid dienone is 1. The number of aromatic nitrogens is 1. The molecule has 82 valence electrons. The van der Waals surface area contributed by atoms with Crippen molar-refractivity contribution >= 4 is 0 Å². The Morgan fingerprint density at radius 3 is 2.00 bits per heavy atom. The van der Waals surface area contributed by atoms with E-state index in [-0.39, 0.29) is 0 Å². The Hall–Kier alpha value is -1.89. The fraction of sp³-hybridized carbons (Fsp3) is 0.133. The molecule has 0 unspecified atom stereocenters. The Morgan fingerprint density at radius 1 is 1.00 bits per heavy atom. The lowest BCUT2D eigenvalue weighted by molar-refractivity contribution is -0.687. The lowest BCUT2D eigenvalue weighted by Gasteiger charge is -1.86. The maximum absolute atomic E-state index is 3.64. The maximum Gasteiger partial charge on any atom is 0.169 e. The Labute approximate surface area is 97.7 Å². The molecule has 0 atom stereocenters. The summed E-state index contributed by atoms with van der Waals surface area (Å²) in [5, 5.41) is 0. The molecule has 0 aliphatic rings. The summed E-state index contributed by atoms with van der Waals surface area (Å²) in [5.74, 6) is 0. The molecule has 1 heteroatoms. The molecule has 16 heavy (non-hydrogen) atoms. The van der Waals surface area contributed by atoms with E-state index in [2.05, 4.69) is 30.2 Å². The number of hydrogen-bond donors (Lipinski definition) is 0. The highest BCUT2D eigenvalue weighted by Crippen LogP contribution is 1.92. The van der Waals surface area contributed by atoms with Crippen molar-refractivity contribution in [2.24, 2.45) is 0 Å². The maximum atomic E-state index is 3.64. The van der Waals surface area contributed by atoms with Gasteiger partial charge in [-0.1, -0.05) is 48.5 Å². The van der Waals surface area contributed by atoms with Crippen LogP contribution < -0.4 is 4.57 Å². The van der Waals surface area contributed by atoms with E-state index in [1.165, 1.54) is 5.56 Å². The van der Waals surface area contributed by atoms with Gasteiger partial charge in [0, 0.05) is 12.1 Å². The predicted octanol–water partition coefficient (Wildman–Crippen LogP) is 3.16. The summed E-state index contributed by atoms with van der Waals surface area (Å²) in [5.41, 5.74) is 1.32. The topological polar surface area (TPSA) is 3.88 Å². The van der Waals surface area contributed by atoms with Gasteiger partial charge in [0.1, 0.15) is 0 Å². The Bertz CT molecular complexity index is 392. The highest BCUT2D eigenvalue weighted by molar-refractivity contribution is 5.11. The highest BCUT2D eigenvalue weighted by Gasteiger charge is 1.88. The fourth-order valence-corrected chi connectivity index (χ4v) is 1.24. The van der Waals surface area contributed by atoms with Crippen LogP contribution >= 0.6 is 0 Å². The van der Waals surface area contributed by atoms with Gasteiger partial charge in [-0.25, -0.2) is 4.57 Å². The summed E-state index contributed by atoms with van der Waals surface area (Å²) < 4.78 is 2.06. The predicted molar refractivity (Wildman–Crippen MR) is 68.0 cm³/mol. The molecule has 0 bridgehead atoms. The van der Waals surface area contributed by atoms with Gasteiger partial charge < -0.3 is 0 Å². The summed E-state index contributed by atoms with van der Waals surface area (Å²) in [4.78, 5) is 0. The monoisotopic (exact) mass is 212 g/mol. The van der Waals surface area contributed by atoms with Crippen LogP contribution in [0.15, 0.2) is 73.6 Å². The van der Waals surface area contributed by atoms with Crippen molar-refractivity contribution < 1.29 is 4.57 Å². The minimum absolute atomic E-state index is 0.890. The second kappa shape index (κ2) is 7.41. The van der Waals surface area contributed by atoms with Crippen molar-refractivity contribution in [3.63, 3.8) is 0 Å². The Kier molecular flexibility index (Phi) is 5.64. The van der Waals surface area contributed by atoms with Crippen LogP contribution in [0, 0.1) is 6.92 Å². The van der Waals surface area contributed by atoms with Crippen LogP contribution in [-0.4, -0.2) is 0 Å². The van der Waals surface area contributed by atoms with Crippen LogP contribution in [0.25, 0.3) is 0 Å². The van der Waals surface area contributed by atoms with Gasteiger partial charge in [-0.05, 0) is 13.0 Å². The molecule has 2 aromatic rings. The van der Waals surface area contributed by atoms with E-state index in [0.717, 1.165) is 6.54 Å². The molecule has 0 N–H and O–H groups in total. The average Bonchev–Trinajstić information content (AvgIpc) is 2.33. The summed E-state index contributed by atoms with van der Waals surface area (Å²) in [7, 11) is 0. The molecule has 1 heterocycles. The molecule has 0 fully saturated rings. The minimum Gasteiger partial charge on any atom is -0.201 e. The number of hydrogen-bond acceptors (Lipinski definition) is 0. The fourth-order valence-electron chi connectivity index (χ4n) is 1.24. The lowest BCUT2D eigenvalue weighted by atomic mass is 10.2. The van der Waals surface area contributed by atoms with Crippen molar-refractivity contribution in [1.82, 2.24) is 0 Å². The van der Waals surface area contributed by atoms with E-state index in [1.807, 2.05) is 54.9 Å². The first-order chi connectivity index (χ1) is 7.83. The first-order valence-electron chi connectivity index (χ1n) is 5.39. The molecule has 0 saturated heterocycles. The molecule has 0 amide bonds. The first kappa shape index (κ1) is 12.2. The molecule has 0 radical (unpaired) electrons. The Balaban J connectivity index is 0.000000165. The van der Waals surface area contributed by atoms with E-state index >= 15 is 0 Å². The largest absolute Gasteiger partial charge is 0.201 e. The molecule has 0 saturated carbocycles. The zero-order chi connectivity index (χ0) is 11.6. The third kappa shape index (κ3) is 5.11. The van der Waals surface area contributed by atoms with Crippen molar-refractivity contribution in [3.8, 4) is 0 Å². The molecule has 0 aliphatic heterocycles. The summed E-state index contributed by atoms with van der Waals surface area (Å²) >= 11 is 0. The van der Waals surface area contributed by atoms with Gasteiger partial charge in [0.2, 0.25) is 0 Å². The highest BCUT2D eigenvalue weighted by atomic mass is 14.9. The van der Waals surface area contributed by atoms with E-state index in [4.69, 9.17) is 0 Å². The van der Waals surface area contributed by atoms with Crippen molar-refractivity contribution in [2.75, 3.05) is 0 Å². The third-order valence-corrected chi connectivity index (χ3v) is 2.06. The number of rotatable bonds is 2. The Morgan fingerprint density at radius 2 is 1.56 bits per heavy atom. The SMILES string of the molecule is C=CC[n+]1ccccc1.Cc1ccccc1. The van der Waals surface area contributed by atoms with E-state index in [9.17, 15) is 0 Å². The van der Waals surface area contributed by atoms with Gasteiger partial charge >= 0.3 is 0 Å². The molecular formula is C15H18N+. The molecule has 2 rings (SSSR count). The average molecular weight is 212 g/mol. The van der Waals surface area contributed by atoms with Crippen LogP contribution in [0.2, 0.25) is 0 Å². The summed E-state index contributed by atoms with van der Waals surface area (Å²) in [6.45, 7) is 6.61. The molecular weight excluding hydrogens is 194 g/mol. The van der Waals surface area contributed by atoms with Gasteiger partial charge in [-0.15, -0.1) is 0 Å². The molecule has 1 aromatic heterocycles. The van der Waals surface area contributed by atoms with E-state index in [1.54, 1.807) is 0 Å². The second-order valence-electron chi connectivity index (χ2n) is 3.52. The normalized spacial score (nSPS) is 8.81. The van der Waals surface area contributed by atoms with E-state index in [0.29, 0.717) is 0 Å². The van der Waals surface area contributed by atoms with E-state index < -0.39 is 0 Å². The number of pyridine rings is 1. The van der Waals surface area contributed by atoms with Gasteiger partial charge in [0.25, 0.3) is 0 Å². The summed E-state index contributed by atoms with van der Waals surface area (Å²) in [6, 6.07) is 16.3. The third-order valence-electron chi connectivity index (χ3n) is 2.06. The molecule has 1 aromatic carbocycles. The van der Waals surface area contributed by atoms with Crippen molar-refractivity contribution in [1.29, 1.82) is 0 Å². The lowest BCUT2D eigenvalue weighted by Crippen LogP contribution is -2.30. The number of benzene rings is 1. The summed E-state index contributed by atoms with van der Waals surface area (Å²) in [6.07, 6.45) is 5.91. The van der Waals surface area contributed by atoms with Crippen LogP contribution in [0.4, 0.5) is 0 Å². The number of aryl methyl sites for hydroxylation is 1. The van der Waals surface area contributed by atoms with Crippen LogP contribution in [0.5, 0.6) is 0 Å². The quantitative estimate of drug-likeness (QED) is 0.532. The van der Waals surface area contributed by atoms with Crippen molar-refractivity contribution in [2.45, 2.75) is 13.5 Å². The van der Waals surface area contributed by atoms with Crippen molar-refractivity contribution in [3.05, 3.63) is 79.1 Å². The first-order valence-corrected chi connectivity index (χ1v) is 5.39. The van der Waals surface area contributed by atoms with Gasteiger partial charge in [0.05, 0.1) is 0 Å². The minimum atomic E-state index is 0.890. The van der Waals surface area contributed by atoms with Gasteiger partial charge in [-0.3, -0.25) is 0 Å². The molecule has 0 spiro atoms. The van der Waals surface area contributed by atoms with Crippen LogP contribution in [-0.2, 0) is 6.54 Å². The molecule has 0 aliphatic carbocycles. The standard InChI is InChI=1S/C8H10N.C7H8/c1-2-6-9-7-4-3-5-8-9;1-7-5-3-2-4-6-7/h2-5,7-8H,1,6H2;2-6H,1H3/q+1;. The van der Waals surface area contributed by atoms with Gasteiger partial charge in [0.15, 0.2) is 18.9 Å². The van der Waals surface area contributed by atoms with Crippen LogP contribution in [0.3, 0.4) is 0 Å². The van der Waals surface area contributed by atoms with Gasteiger partial charge in [-0.2, -0.15) is 0 Å². The zero-order valence-electron chi connectivity index (χ0n) is 9.71. The molecule has 1 nitrogen and oxygen atoms in total. The zero-order valence-corrected chi connectivity index (χ0v) is 9.71. The smallest absolute Gasteiger partial charge is 0.169 e. The number of nitrogens with zero attached hydrogens (tertiary/aromatic N) is 1.